The maximum absolute atomic E-state index is 13.7. The summed E-state index contributed by atoms with van der Waals surface area (Å²) in [5.74, 6) is 1.03. The van der Waals surface area contributed by atoms with Crippen molar-refractivity contribution in [2.75, 3.05) is 26.2 Å². The maximum atomic E-state index is 13.7. The molecule has 1 fully saturated rings. The highest BCUT2D eigenvalue weighted by Gasteiger charge is 2.22. The van der Waals surface area contributed by atoms with Gasteiger partial charge in [-0.3, -0.25) is 4.79 Å². The summed E-state index contributed by atoms with van der Waals surface area (Å²) in [4.78, 5) is 17.1. The van der Waals surface area contributed by atoms with E-state index in [0.29, 0.717) is 17.7 Å². The molecule has 1 aliphatic heterocycles. The van der Waals surface area contributed by atoms with Gasteiger partial charge in [0.2, 0.25) is 0 Å². The summed E-state index contributed by atoms with van der Waals surface area (Å²) >= 11 is 1.46. The molecule has 1 saturated heterocycles. The third-order valence-electron chi connectivity index (χ3n) is 6.98. The summed E-state index contributed by atoms with van der Waals surface area (Å²) in [6.07, 6.45) is 7.41. The molecule has 37 heavy (non-hydrogen) atoms. The lowest BCUT2D eigenvalue weighted by molar-refractivity contribution is 0.104. The number of phenols is 2. The number of likely N-dealkylation sites (tertiary alicyclic amines) is 1. The first-order valence-electron chi connectivity index (χ1n) is 13.1. The molecule has 1 aromatic heterocycles. The Morgan fingerprint density at radius 3 is 2.30 bits per heavy atom. The maximum Gasteiger partial charge on any atom is 0.195 e. The summed E-state index contributed by atoms with van der Waals surface area (Å²) in [6, 6.07) is 19.3. The van der Waals surface area contributed by atoms with E-state index in [4.69, 9.17) is 4.74 Å². The van der Waals surface area contributed by atoms with Crippen LogP contribution in [-0.2, 0) is 0 Å². The highest BCUT2D eigenvalue weighted by molar-refractivity contribution is 7.22. The number of carbonyl (C=O) groups excluding carboxylic acids is 1. The van der Waals surface area contributed by atoms with Gasteiger partial charge in [0, 0.05) is 26.1 Å². The fourth-order valence-corrected chi connectivity index (χ4v) is 6.20. The van der Waals surface area contributed by atoms with Gasteiger partial charge in [0.05, 0.1) is 6.61 Å². The van der Waals surface area contributed by atoms with E-state index in [-0.39, 0.29) is 17.3 Å². The van der Waals surface area contributed by atoms with Gasteiger partial charge in [-0.2, -0.15) is 0 Å². The predicted molar refractivity (Wildman–Crippen MR) is 150 cm³/mol. The SMILES string of the molecule is O=C(c1ccc(OCCCCCCN2CCCC2)cc1)c1c(-c2ccc(O)cc2)sc2cc(O)ccc12. The highest BCUT2D eigenvalue weighted by Crippen LogP contribution is 2.41. The van der Waals surface area contributed by atoms with E-state index in [1.165, 1.54) is 63.1 Å². The highest BCUT2D eigenvalue weighted by atomic mass is 32.1. The van der Waals surface area contributed by atoms with Gasteiger partial charge in [-0.05, 0) is 118 Å². The second-order valence-electron chi connectivity index (χ2n) is 9.70. The zero-order chi connectivity index (χ0) is 25.6. The van der Waals surface area contributed by atoms with Crippen LogP contribution in [0.4, 0.5) is 0 Å². The van der Waals surface area contributed by atoms with E-state index in [1.54, 1.807) is 42.5 Å². The summed E-state index contributed by atoms with van der Waals surface area (Å²) in [7, 11) is 0. The molecule has 5 nitrogen and oxygen atoms in total. The molecular formula is C31H33NO4S. The van der Waals surface area contributed by atoms with Crippen molar-refractivity contribution < 1.29 is 19.7 Å². The standard InChI is InChI=1S/C31H33NO4S/c33-24-11-7-23(8-12-24)31-29(27-16-13-25(34)21-28(27)37-31)30(35)22-9-14-26(15-10-22)36-20-6-2-1-3-17-32-18-4-5-19-32/h7-16,21,33-34H,1-6,17-20H2. The monoisotopic (exact) mass is 515 g/mol. The summed E-state index contributed by atoms with van der Waals surface area (Å²) < 4.78 is 6.77. The Labute approximate surface area is 221 Å². The lowest BCUT2D eigenvalue weighted by atomic mass is 9.97. The van der Waals surface area contributed by atoms with E-state index in [9.17, 15) is 15.0 Å². The third kappa shape index (κ3) is 6.14. The molecule has 0 spiro atoms. The number of carbonyl (C=O) groups is 1. The molecular weight excluding hydrogens is 482 g/mol. The molecule has 0 unspecified atom stereocenters. The molecule has 1 aliphatic rings. The van der Waals surface area contributed by atoms with Crippen LogP contribution in [0.5, 0.6) is 17.2 Å². The minimum absolute atomic E-state index is 0.0791. The summed E-state index contributed by atoms with van der Waals surface area (Å²) in [5.41, 5.74) is 2.04. The molecule has 3 aromatic carbocycles. The second kappa shape index (κ2) is 11.8. The van der Waals surface area contributed by atoms with Crippen LogP contribution in [0.1, 0.15) is 54.4 Å². The number of rotatable bonds is 11. The van der Waals surface area contributed by atoms with Crippen LogP contribution >= 0.6 is 11.3 Å². The summed E-state index contributed by atoms with van der Waals surface area (Å²) in [5, 5.41) is 20.5. The van der Waals surface area contributed by atoms with Crippen molar-refractivity contribution in [2.24, 2.45) is 0 Å². The van der Waals surface area contributed by atoms with Crippen molar-refractivity contribution in [1.29, 1.82) is 0 Å². The quantitative estimate of drug-likeness (QED) is 0.163. The minimum atomic E-state index is -0.0791. The van der Waals surface area contributed by atoms with Crippen molar-refractivity contribution in [3.05, 3.63) is 77.9 Å². The van der Waals surface area contributed by atoms with Crippen LogP contribution in [0, 0.1) is 0 Å². The molecule has 192 valence electrons. The van der Waals surface area contributed by atoms with Gasteiger partial charge in [0.15, 0.2) is 5.78 Å². The van der Waals surface area contributed by atoms with E-state index in [2.05, 4.69) is 4.90 Å². The number of unbranched alkanes of at least 4 members (excludes halogenated alkanes) is 3. The Bertz CT molecular complexity index is 1340. The molecule has 0 saturated carbocycles. The molecule has 2 heterocycles. The Hall–Kier alpha value is -3.35. The van der Waals surface area contributed by atoms with Crippen molar-refractivity contribution in [2.45, 2.75) is 38.5 Å². The third-order valence-corrected chi connectivity index (χ3v) is 8.18. The van der Waals surface area contributed by atoms with Crippen LogP contribution in [0.25, 0.3) is 20.5 Å². The number of hydrogen-bond acceptors (Lipinski definition) is 6. The zero-order valence-electron chi connectivity index (χ0n) is 21.0. The fraction of sp³-hybridized carbons (Fsp3) is 0.323. The first kappa shape index (κ1) is 25.3. The average molecular weight is 516 g/mol. The van der Waals surface area contributed by atoms with Gasteiger partial charge in [-0.1, -0.05) is 12.8 Å². The number of nitrogens with zero attached hydrogens (tertiary/aromatic N) is 1. The number of ether oxygens (including phenoxy) is 1. The van der Waals surface area contributed by atoms with Crippen molar-refractivity contribution >= 4 is 27.2 Å². The Morgan fingerprint density at radius 1 is 0.838 bits per heavy atom. The first-order chi connectivity index (χ1) is 18.1. The first-order valence-corrected chi connectivity index (χ1v) is 13.9. The van der Waals surface area contributed by atoms with Crippen molar-refractivity contribution in [3.8, 4) is 27.7 Å². The summed E-state index contributed by atoms with van der Waals surface area (Å²) in [6.45, 7) is 4.45. The minimum Gasteiger partial charge on any atom is -0.508 e. The molecule has 0 aliphatic carbocycles. The van der Waals surface area contributed by atoms with Gasteiger partial charge in [0.1, 0.15) is 17.2 Å². The Morgan fingerprint density at radius 2 is 1.54 bits per heavy atom. The number of benzene rings is 3. The van der Waals surface area contributed by atoms with Crippen LogP contribution < -0.4 is 4.74 Å². The Balaban J connectivity index is 1.23. The van der Waals surface area contributed by atoms with Crippen LogP contribution in [0.2, 0.25) is 0 Å². The zero-order valence-corrected chi connectivity index (χ0v) is 21.8. The largest absolute Gasteiger partial charge is 0.508 e. The number of fused-ring (bicyclic) bond motifs is 1. The van der Waals surface area contributed by atoms with Crippen molar-refractivity contribution in [1.82, 2.24) is 4.90 Å². The molecule has 5 rings (SSSR count). The molecule has 0 atom stereocenters. The van der Waals surface area contributed by atoms with Gasteiger partial charge >= 0.3 is 0 Å². The average Bonchev–Trinajstić information content (AvgIpc) is 3.56. The molecule has 0 bridgehead atoms. The van der Waals surface area contributed by atoms with Crippen LogP contribution in [0.15, 0.2) is 66.7 Å². The molecule has 6 heteroatoms. The molecule has 0 amide bonds. The molecule has 2 N–H and O–H groups in total. The van der Waals surface area contributed by atoms with Gasteiger partial charge in [0.25, 0.3) is 0 Å². The predicted octanol–water partition coefficient (Wildman–Crippen LogP) is 7.25. The van der Waals surface area contributed by atoms with E-state index in [0.717, 1.165) is 32.7 Å². The van der Waals surface area contributed by atoms with Crippen molar-refractivity contribution in [3.63, 3.8) is 0 Å². The normalized spacial score (nSPS) is 13.8. The second-order valence-corrected chi connectivity index (χ2v) is 10.8. The number of aromatic hydroxyl groups is 2. The topological polar surface area (TPSA) is 70.0 Å². The van der Waals surface area contributed by atoms with Crippen LogP contribution in [-0.4, -0.2) is 47.1 Å². The van der Waals surface area contributed by atoms with Gasteiger partial charge < -0.3 is 19.8 Å². The number of hydrogen-bond donors (Lipinski definition) is 2. The Kier molecular flexibility index (Phi) is 8.07. The molecule has 0 radical (unpaired) electrons. The van der Waals surface area contributed by atoms with E-state index >= 15 is 0 Å². The van der Waals surface area contributed by atoms with Gasteiger partial charge in [-0.15, -0.1) is 11.3 Å². The molecule has 4 aromatic rings. The van der Waals surface area contributed by atoms with E-state index in [1.807, 2.05) is 24.3 Å². The lowest BCUT2D eigenvalue weighted by Gasteiger charge is -2.13. The van der Waals surface area contributed by atoms with Gasteiger partial charge in [-0.25, -0.2) is 0 Å². The smallest absolute Gasteiger partial charge is 0.195 e. The van der Waals surface area contributed by atoms with Crippen LogP contribution in [0.3, 0.4) is 0 Å². The fourth-order valence-electron chi connectivity index (χ4n) is 4.96. The lowest BCUT2D eigenvalue weighted by Crippen LogP contribution is -2.20. The number of thiophene rings is 1. The number of phenolic OH excluding ortho intramolecular Hbond substituents is 2. The van der Waals surface area contributed by atoms with E-state index < -0.39 is 0 Å². The number of ketones is 1.